The molecular formula is C8H8F6O2Rh. The summed E-state index contributed by atoms with van der Waals surface area (Å²) >= 11 is 0. The van der Waals surface area contributed by atoms with E-state index in [4.69, 9.17) is 5.11 Å². The van der Waals surface area contributed by atoms with Gasteiger partial charge in [-0.15, -0.1) is 0 Å². The summed E-state index contributed by atoms with van der Waals surface area (Å²) in [6.07, 6.45) is -12.1. The van der Waals surface area contributed by atoms with E-state index >= 15 is 0 Å². The van der Waals surface area contributed by atoms with E-state index in [-0.39, 0.29) is 19.5 Å². The number of rotatable bonds is 2. The summed E-state index contributed by atoms with van der Waals surface area (Å²) < 4.78 is 74.6. The number of aliphatic carboxylic acids is 1. The molecule has 2 nitrogen and oxygen atoms in total. The molecule has 9 heteroatoms. The summed E-state index contributed by atoms with van der Waals surface area (Å²) in [6, 6.07) is 0. The number of hydrogen-bond acceptors (Lipinski definition) is 1. The minimum atomic E-state index is -5.47. The van der Waals surface area contributed by atoms with Crippen LogP contribution in [0.15, 0.2) is 0 Å². The minimum absolute atomic E-state index is 0. The largest absolute Gasteiger partial charge is 0.481 e. The number of carboxylic acids is 1. The Bertz CT molecular complexity index is 296. The molecular weight excluding hydrogens is 345 g/mol. The first-order chi connectivity index (χ1) is 6.96. The molecule has 17 heavy (non-hydrogen) atoms. The fourth-order valence-corrected chi connectivity index (χ4v) is 2.27. The zero-order chi connectivity index (χ0) is 12.9. The van der Waals surface area contributed by atoms with Crippen LogP contribution in [0.25, 0.3) is 0 Å². The van der Waals surface area contributed by atoms with Crippen LogP contribution in [0.2, 0.25) is 0 Å². The van der Waals surface area contributed by atoms with E-state index in [2.05, 4.69) is 0 Å². The van der Waals surface area contributed by atoms with Crippen molar-refractivity contribution in [2.24, 2.45) is 17.3 Å². The minimum Gasteiger partial charge on any atom is -0.481 e. The number of carbonyl (C=O) groups is 1. The molecule has 2 atom stereocenters. The Balaban J connectivity index is 0.00000256. The van der Waals surface area contributed by atoms with Crippen molar-refractivity contribution in [3.8, 4) is 0 Å². The summed E-state index contributed by atoms with van der Waals surface area (Å²) in [5, 5.41) is 8.27. The van der Waals surface area contributed by atoms with Gasteiger partial charge in [-0.3, -0.25) is 4.79 Å². The molecule has 1 radical (unpaired) electrons. The van der Waals surface area contributed by atoms with Gasteiger partial charge in [0.2, 0.25) is 0 Å². The molecule has 0 aromatic rings. The first kappa shape index (κ1) is 16.7. The van der Waals surface area contributed by atoms with Crippen LogP contribution < -0.4 is 0 Å². The molecule has 0 heterocycles. The van der Waals surface area contributed by atoms with Crippen molar-refractivity contribution in [3.05, 3.63) is 0 Å². The molecule has 0 aromatic carbocycles. The van der Waals surface area contributed by atoms with E-state index in [1.165, 1.54) is 0 Å². The second kappa shape index (κ2) is 4.41. The summed E-state index contributed by atoms with van der Waals surface area (Å²) in [5.74, 6) is -5.33. The van der Waals surface area contributed by atoms with Gasteiger partial charge in [0.25, 0.3) is 0 Å². The van der Waals surface area contributed by atoms with Crippen LogP contribution in [0.4, 0.5) is 26.3 Å². The third kappa shape index (κ3) is 2.30. The molecule has 0 aliphatic heterocycles. The van der Waals surface area contributed by atoms with Gasteiger partial charge < -0.3 is 5.11 Å². The van der Waals surface area contributed by atoms with Gasteiger partial charge in [-0.1, -0.05) is 6.92 Å². The zero-order valence-corrected chi connectivity index (χ0v) is 9.96. The monoisotopic (exact) mass is 353 g/mol. The maximum absolute atomic E-state index is 12.4. The third-order valence-corrected chi connectivity index (χ3v) is 3.13. The zero-order valence-electron chi connectivity index (χ0n) is 8.32. The van der Waals surface area contributed by atoms with E-state index < -0.39 is 42.0 Å². The van der Waals surface area contributed by atoms with Crippen LogP contribution >= 0.6 is 0 Å². The van der Waals surface area contributed by atoms with Crippen molar-refractivity contribution in [2.45, 2.75) is 25.7 Å². The van der Waals surface area contributed by atoms with E-state index in [0.29, 0.717) is 0 Å². The van der Waals surface area contributed by atoms with Crippen molar-refractivity contribution < 1.29 is 55.7 Å². The summed E-state index contributed by atoms with van der Waals surface area (Å²) in [5.41, 5.74) is -3.85. The number of alkyl halides is 6. The molecule has 1 aliphatic carbocycles. The van der Waals surface area contributed by atoms with Gasteiger partial charge >= 0.3 is 18.3 Å². The summed E-state index contributed by atoms with van der Waals surface area (Å²) in [7, 11) is 0. The normalized spacial score (nSPS) is 27.2. The van der Waals surface area contributed by atoms with E-state index in [0.717, 1.165) is 6.92 Å². The number of hydrogen-bond donors (Lipinski definition) is 1. The molecule has 0 amide bonds. The molecule has 0 saturated heterocycles. The molecule has 2 unspecified atom stereocenters. The predicted octanol–water partition coefficient (Wildman–Crippen LogP) is 2.84. The third-order valence-electron chi connectivity index (χ3n) is 3.13. The first-order valence-corrected chi connectivity index (χ1v) is 4.31. The molecule has 103 valence electrons. The number of carboxylic acid groups (broad SMARTS) is 1. The fraction of sp³-hybridized carbons (Fsp3) is 0.875. The molecule has 0 spiro atoms. The molecule has 1 rings (SSSR count). The topological polar surface area (TPSA) is 37.3 Å². The molecule has 1 aliphatic rings. The quantitative estimate of drug-likeness (QED) is 0.613. The van der Waals surface area contributed by atoms with E-state index in [9.17, 15) is 31.1 Å². The van der Waals surface area contributed by atoms with Gasteiger partial charge in [0, 0.05) is 25.9 Å². The average molecular weight is 353 g/mol. The van der Waals surface area contributed by atoms with Crippen molar-refractivity contribution in [2.75, 3.05) is 0 Å². The Morgan fingerprint density at radius 2 is 1.53 bits per heavy atom. The Hall–Kier alpha value is -0.327. The predicted molar refractivity (Wildman–Crippen MR) is 39.4 cm³/mol. The SMILES string of the molecule is CC1C(CC(=O)O)C1(C(F)(F)F)C(F)(F)F.[Rh]. The standard InChI is InChI=1S/C8H8F6O2.Rh/c1-3-4(2-5(15)16)6(3,7(9,10)11)8(12,13)14;/h3-4H,2H2,1H3,(H,15,16);. The van der Waals surface area contributed by atoms with Crippen molar-refractivity contribution in [3.63, 3.8) is 0 Å². The van der Waals surface area contributed by atoms with Gasteiger partial charge in [-0.25, -0.2) is 0 Å². The van der Waals surface area contributed by atoms with Gasteiger partial charge in [0.15, 0.2) is 5.41 Å². The molecule has 1 N–H and O–H groups in total. The number of halogens is 6. The summed E-state index contributed by atoms with van der Waals surface area (Å²) in [6.45, 7) is 0.772. The van der Waals surface area contributed by atoms with Crippen molar-refractivity contribution >= 4 is 5.97 Å². The van der Waals surface area contributed by atoms with Gasteiger partial charge in [0.1, 0.15) is 0 Å². The summed E-state index contributed by atoms with van der Waals surface area (Å²) in [4.78, 5) is 10.2. The Morgan fingerprint density at radius 3 is 1.71 bits per heavy atom. The van der Waals surface area contributed by atoms with E-state index in [1.807, 2.05) is 0 Å². The Morgan fingerprint density at radius 1 is 1.18 bits per heavy atom. The molecule has 0 aromatic heterocycles. The molecule has 1 saturated carbocycles. The van der Waals surface area contributed by atoms with Crippen LogP contribution in [0.5, 0.6) is 0 Å². The van der Waals surface area contributed by atoms with Crippen LogP contribution in [-0.4, -0.2) is 23.4 Å². The Kier molecular flexibility index (Phi) is 4.32. The molecule has 1 fully saturated rings. The maximum atomic E-state index is 12.4. The van der Waals surface area contributed by atoms with E-state index in [1.54, 1.807) is 0 Å². The Labute approximate surface area is 105 Å². The van der Waals surface area contributed by atoms with Crippen LogP contribution in [0.3, 0.4) is 0 Å². The molecule has 0 bridgehead atoms. The average Bonchev–Trinajstić information content (AvgIpc) is 2.52. The smallest absolute Gasteiger partial charge is 0.403 e. The second-order valence-corrected chi connectivity index (χ2v) is 3.86. The van der Waals surface area contributed by atoms with Gasteiger partial charge in [-0.2, -0.15) is 26.3 Å². The second-order valence-electron chi connectivity index (χ2n) is 3.86. The van der Waals surface area contributed by atoms with Crippen molar-refractivity contribution in [1.82, 2.24) is 0 Å². The fourth-order valence-electron chi connectivity index (χ4n) is 2.27. The van der Waals surface area contributed by atoms with Gasteiger partial charge in [0.05, 0.1) is 0 Å². The van der Waals surface area contributed by atoms with Crippen LogP contribution in [-0.2, 0) is 24.3 Å². The maximum Gasteiger partial charge on any atom is 0.403 e. The van der Waals surface area contributed by atoms with Crippen LogP contribution in [0.1, 0.15) is 13.3 Å². The van der Waals surface area contributed by atoms with Gasteiger partial charge in [-0.05, 0) is 11.8 Å². The van der Waals surface area contributed by atoms with Crippen LogP contribution in [0, 0.1) is 17.3 Å². The first-order valence-electron chi connectivity index (χ1n) is 4.31. The van der Waals surface area contributed by atoms with Crippen molar-refractivity contribution in [1.29, 1.82) is 0 Å².